The Labute approximate surface area is 246 Å². The van der Waals surface area contributed by atoms with Crippen LogP contribution in [0.2, 0.25) is 0 Å². The molecule has 5 aromatic rings. The molecule has 5 rings (SSSR count). The van der Waals surface area contributed by atoms with Gasteiger partial charge >= 0.3 is 12.1 Å². The summed E-state index contributed by atoms with van der Waals surface area (Å²) in [7, 11) is 0. The summed E-state index contributed by atoms with van der Waals surface area (Å²) >= 11 is 2.81. The minimum Gasteiger partial charge on any atom is -0.480 e. The van der Waals surface area contributed by atoms with Gasteiger partial charge in [0.15, 0.2) is 11.5 Å². The van der Waals surface area contributed by atoms with Crippen LogP contribution in [0.5, 0.6) is 0 Å². The van der Waals surface area contributed by atoms with Crippen LogP contribution in [0.15, 0.2) is 94.9 Å². The lowest BCUT2D eigenvalue weighted by molar-refractivity contribution is -0.139. The van der Waals surface area contributed by atoms with Gasteiger partial charge in [-0.05, 0) is 29.8 Å². The van der Waals surface area contributed by atoms with Crippen LogP contribution >= 0.6 is 23.1 Å². The van der Waals surface area contributed by atoms with Crippen LogP contribution in [0, 0.1) is 0 Å². The maximum absolute atomic E-state index is 13.4. The zero-order valence-electron chi connectivity index (χ0n) is 21.7. The highest BCUT2D eigenvalue weighted by Gasteiger charge is 2.31. The van der Waals surface area contributed by atoms with Crippen molar-refractivity contribution in [3.8, 4) is 33.3 Å². The number of nitrogens with zero attached hydrogens (tertiary/aromatic N) is 2. The highest BCUT2D eigenvalue weighted by molar-refractivity contribution is 7.98. The Bertz CT molecular complexity index is 1660. The Morgan fingerprint density at radius 3 is 2.24 bits per heavy atom. The summed E-state index contributed by atoms with van der Waals surface area (Å²) in [5.74, 6) is -1.39. The van der Waals surface area contributed by atoms with Gasteiger partial charge in [-0.15, -0.1) is 11.3 Å². The smallest absolute Gasteiger partial charge is 0.416 e. The fraction of sp³-hybridized carbons (Fsp3) is 0.133. The molecule has 12 heteroatoms. The summed E-state index contributed by atoms with van der Waals surface area (Å²) in [6, 6.07) is 19.4. The van der Waals surface area contributed by atoms with Crippen molar-refractivity contribution in [2.24, 2.45) is 0 Å². The summed E-state index contributed by atoms with van der Waals surface area (Å²) in [4.78, 5) is 34.0. The van der Waals surface area contributed by atoms with E-state index in [0.717, 1.165) is 28.3 Å². The Morgan fingerprint density at radius 1 is 0.952 bits per heavy atom. The third-order valence-electron chi connectivity index (χ3n) is 6.13. The number of thioether (sulfide) groups is 1. The molecule has 0 spiro atoms. The number of rotatable bonds is 10. The number of amides is 1. The second-order valence-electron chi connectivity index (χ2n) is 9.05. The molecule has 2 aromatic heterocycles. The molecule has 2 N–H and O–H groups in total. The Hall–Kier alpha value is -4.42. The number of carbonyl (C=O) groups is 2. The first-order valence-electron chi connectivity index (χ1n) is 12.5. The standard InChI is InChI=1S/C30H22F3N3O4S2/c31-30(32,33)22-12-10-20(11-13-22)27-36-24(25(40-27)19-6-8-21(9-7-19)28-34-14-15-42-28)26(37)35-23(29(38)39)17-41-16-18-4-2-1-3-5-18/h1-15,23H,16-17H2,(H,35,37)(H,38,39). The molecule has 0 bridgehead atoms. The van der Waals surface area contributed by atoms with E-state index < -0.39 is 29.7 Å². The van der Waals surface area contributed by atoms with Crippen LogP contribution in [-0.4, -0.2) is 38.7 Å². The number of hydrogen-bond acceptors (Lipinski definition) is 7. The molecule has 0 aliphatic heterocycles. The zero-order valence-corrected chi connectivity index (χ0v) is 23.3. The quantitative estimate of drug-likeness (QED) is 0.172. The summed E-state index contributed by atoms with van der Waals surface area (Å²) < 4.78 is 45.2. The molecule has 0 radical (unpaired) electrons. The first kappa shape index (κ1) is 29.1. The third-order valence-corrected chi connectivity index (χ3v) is 8.06. The fourth-order valence-corrected chi connectivity index (χ4v) is 5.65. The van der Waals surface area contributed by atoms with Gasteiger partial charge in [0.25, 0.3) is 5.91 Å². The van der Waals surface area contributed by atoms with Crippen LogP contribution in [0.3, 0.4) is 0 Å². The highest BCUT2D eigenvalue weighted by Crippen LogP contribution is 2.34. The van der Waals surface area contributed by atoms with E-state index in [4.69, 9.17) is 4.42 Å². The van der Waals surface area contributed by atoms with Gasteiger partial charge in [-0.3, -0.25) is 4.79 Å². The molecule has 1 unspecified atom stereocenters. The van der Waals surface area contributed by atoms with Gasteiger partial charge in [-0.2, -0.15) is 24.9 Å². The van der Waals surface area contributed by atoms with Crippen LogP contribution in [0.1, 0.15) is 21.6 Å². The monoisotopic (exact) mass is 609 g/mol. The maximum atomic E-state index is 13.4. The molecular formula is C30H22F3N3O4S2. The van der Waals surface area contributed by atoms with Crippen molar-refractivity contribution >= 4 is 35.0 Å². The molecular weight excluding hydrogens is 587 g/mol. The molecule has 1 atom stereocenters. The molecule has 42 heavy (non-hydrogen) atoms. The lowest BCUT2D eigenvalue weighted by Gasteiger charge is -2.14. The van der Waals surface area contributed by atoms with Gasteiger partial charge in [-0.25, -0.2) is 14.8 Å². The molecule has 3 aromatic carbocycles. The minimum absolute atomic E-state index is 0.0502. The summed E-state index contributed by atoms with van der Waals surface area (Å²) in [6.07, 6.45) is -2.84. The maximum Gasteiger partial charge on any atom is 0.416 e. The second kappa shape index (κ2) is 12.6. The molecule has 2 heterocycles. The molecule has 7 nitrogen and oxygen atoms in total. The van der Waals surface area contributed by atoms with Crippen LogP contribution in [0.4, 0.5) is 13.2 Å². The highest BCUT2D eigenvalue weighted by atomic mass is 32.2. The van der Waals surface area contributed by atoms with Crippen molar-refractivity contribution < 1.29 is 32.3 Å². The van der Waals surface area contributed by atoms with E-state index >= 15 is 0 Å². The van der Waals surface area contributed by atoms with Gasteiger partial charge in [-0.1, -0.05) is 54.6 Å². The van der Waals surface area contributed by atoms with E-state index in [1.807, 2.05) is 35.7 Å². The van der Waals surface area contributed by atoms with Crippen LogP contribution < -0.4 is 5.32 Å². The summed E-state index contributed by atoms with van der Waals surface area (Å²) in [5.41, 5.74) is 1.51. The number of aliphatic carboxylic acids is 1. The lowest BCUT2D eigenvalue weighted by atomic mass is 10.1. The Morgan fingerprint density at radius 2 is 1.62 bits per heavy atom. The molecule has 214 valence electrons. The first-order chi connectivity index (χ1) is 20.2. The SMILES string of the molecule is O=C(NC(CSCc1ccccc1)C(=O)O)c1nc(-c2ccc(C(F)(F)F)cc2)oc1-c1ccc(-c2nccs2)cc1. The van der Waals surface area contributed by atoms with E-state index in [1.165, 1.54) is 35.2 Å². The zero-order chi connectivity index (χ0) is 29.7. The number of halogens is 3. The van der Waals surface area contributed by atoms with Gasteiger partial charge in [0, 0.05) is 39.8 Å². The number of carboxylic acids is 1. The van der Waals surface area contributed by atoms with Crippen LogP contribution in [0.25, 0.3) is 33.3 Å². The van der Waals surface area contributed by atoms with Crippen molar-refractivity contribution in [2.45, 2.75) is 18.0 Å². The van der Waals surface area contributed by atoms with E-state index in [0.29, 0.717) is 11.3 Å². The Balaban J connectivity index is 1.43. The van der Waals surface area contributed by atoms with Gasteiger partial charge in [0.1, 0.15) is 11.0 Å². The molecule has 0 saturated carbocycles. The number of alkyl halides is 3. The summed E-state index contributed by atoms with van der Waals surface area (Å²) in [5, 5.41) is 14.9. The number of aromatic nitrogens is 2. The number of nitrogens with one attached hydrogen (secondary N) is 1. The number of carbonyl (C=O) groups excluding carboxylic acids is 1. The average Bonchev–Trinajstić information content (AvgIpc) is 3.68. The van der Waals surface area contributed by atoms with Crippen LogP contribution in [-0.2, 0) is 16.7 Å². The predicted octanol–water partition coefficient (Wildman–Crippen LogP) is 7.27. The normalized spacial score (nSPS) is 12.2. The number of hydrogen-bond donors (Lipinski definition) is 2. The topological polar surface area (TPSA) is 105 Å². The van der Waals surface area contributed by atoms with Crippen molar-refractivity contribution in [1.82, 2.24) is 15.3 Å². The predicted molar refractivity (Wildman–Crippen MR) is 155 cm³/mol. The van der Waals surface area contributed by atoms with Crippen molar-refractivity contribution in [1.29, 1.82) is 0 Å². The van der Waals surface area contributed by atoms with E-state index in [-0.39, 0.29) is 28.7 Å². The van der Waals surface area contributed by atoms with E-state index in [9.17, 15) is 27.9 Å². The van der Waals surface area contributed by atoms with Gasteiger partial charge < -0.3 is 14.8 Å². The molecule has 0 saturated heterocycles. The molecule has 0 aliphatic rings. The largest absolute Gasteiger partial charge is 0.480 e. The lowest BCUT2D eigenvalue weighted by Crippen LogP contribution is -2.42. The fourth-order valence-electron chi connectivity index (χ4n) is 4.00. The number of thiazole rings is 1. The number of oxazole rings is 1. The van der Waals surface area contributed by atoms with E-state index in [2.05, 4.69) is 15.3 Å². The van der Waals surface area contributed by atoms with Gasteiger partial charge in [0.05, 0.1) is 5.56 Å². The minimum atomic E-state index is -4.52. The van der Waals surface area contributed by atoms with Crippen molar-refractivity contribution in [3.05, 3.63) is 107 Å². The first-order valence-corrected chi connectivity index (χ1v) is 14.6. The molecule has 0 fully saturated rings. The van der Waals surface area contributed by atoms with Crippen molar-refractivity contribution in [3.63, 3.8) is 0 Å². The average molecular weight is 610 g/mol. The van der Waals surface area contributed by atoms with Crippen molar-refractivity contribution in [2.75, 3.05) is 5.75 Å². The molecule has 0 aliphatic carbocycles. The van der Waals surface area contributed by atoms with E-state index in [1.54, 1.807) is 30.5 Å². The van der Waals surface area contributed by atoms with Gasteiger partial charge in [0.2, 0.25) is 5.89 Å². The third kappa shape index (κ3) is 6.89. The number of benzene rings is 3. The second-order valence-corrected chi connectivity index (χ2v) is 11.0. The molecule has 1 amide bonds. The number of carboxylic acid groups (broad SMARTS) is 1. The summed E-state index contributed by atoms with van der Waals surface area (Å²) in [6.45, 7) is 0. The Kier molecular flexibility index (Phi) is 8.74.